The predicted octanol–water partition coefficient (Wildman–Crippen LogP) is 4.09. The lowest BCUT2D eigenvalue weighted by atomic mass is 10.2. The molecule has 0 aliphatic rings. The highest BCUT2D eigenvalue weighted by atomic mass is 19.2. The highest BCUT2D eigenvalue weighted by molar-refractivity contribution is 5.64. The van der Waals surface area contributed by atoms with E-state index in [0.717, 1.165) is 17.7 Å². The molecule has 0 saturated heterocycles. The maximum absolute atomic E-state index is 13.8. The fourth-order valence-corrected chi connectivity index (χ4v) is 2.22. The Balaban J connectivity index is 1.85. The molecule has 1 heterocycles. The zero-order chi connectivity index (χ0) is 18.7. The molecule has 1 aromatic heterocycles. The van der Waals surface area contributed by atoms with Crippen molar-refractivity contribution < 1.29 is 17.9 Å². The van der Waals surface area contributed by atoms with Gasteiger partial charge in [-0.2, -0.15) is 10.1 Å². The van der Waals surface area contributed by atoms with Gasteiger partial charge in [-0.1, -0.05) is 6.07 Å². The van der Waals surface area contributed by atoms with Crippen molar-refractivity contribution in [2.75, 3.05) is 17.7 Å². The number of rotatable bonds is 5. The molecule has 6 nitrogen and oxygen atoms in total. The SMILES string of the molecule is COc1ccc(C)cc1Nc1nncc(Nc2ccc(F)c(F)c2F)n1. The maximum Gasteiger partial charge on any atom is 0.249 e. The number of nitrogens with zero attached hydrogens (tertiary/aromatic N) is 3. The van der Waals surface area contributed by atoms with E-state index in [4.69, 9.17) is 4.74 Å². The van der Waals surface area contributed by atoms with E-state index in [1.54, 1.807) is 6.07 Å². The van der Waals surface area contributed by atoms with Gasteiger partial charge in [0.25, 0.3) is 0 Å². The Labute approximate surface area is 147 Å². The molecule has 3 rings (SSSR count). The number of aromatic nitrogens is 3. The summed E-state index contributed by atoms with van der Waals surface area (Å²) in [7, 11) is 1.53. The summed E-state index contributed by atoms with van der Waals surface area (Å²) in [5.41, 5.74) is 1.33. The second-order valence-corrected chi connectivity index (χ2v) is 5.34. The van der Waals surface area contributed by atoms with E-state index in [9.17, 15) is 13.2 Å². The molecule has 0 aliphatic heterocycles. The summed E-state index contributed by atoms with van der Waals surface area (Å²) < 4.78 is 45.3. The molecule has 0 unspecified atom stereocenters. The van der Waals surface area contributed by atoms with E-state index in [2.05, 4.69) is 25.8 Å². The predicted molar refractivity (Wildman–Crippen MR) is 90.4 cm³/mol. The van der Waals surface area contributed by atoms with Gasteiger partial charge in [0.2, 0.25) is 5.95 Å². The van der Waals surface area contributed by atoms with Crippen molar-refractivity contribution in [2.45, 2.75) is 6.92 Å². The van der Waals surface area contributed by atoms with Gasteiger partial charge in [0.05, 0.1) is 24.7 Å². The number of halogens is 3. The zero-order valence-electron chi connectivity index (χ0n) is 13.8. The molecule has 0 bridgehead atoms. The lowest BCUT2D eigenvalue weighted by Gasteiger charge is -2.11. The summed E-state index contributed by atoms with van der Waals surface area (Å²) >= 11 is 0. The second kappa shape index (κ2) is 7.26. The minimum Gasteiger partial charge on any atom is -0.495 e. The second-order valence-electron chi connectivity index (χ2n) is 5.34. The number of aryl methyl sites for hydroxylation is 1. The van der Waals surface area contributed by atoms with Crippen LogP contribution in [0, 0.1) is 24.4 Å². The van der Waals surface area contributed by atoms with Crippen molar-refractivity contribution in [1.29, 1.82) is 0 Å². The molecule has 0 atom stereocenters. The third kappa shape index (κ3) is 3.66. The first-order valence-electron chi connectivity index (χ1n) is 7.50. The fraction of sp³-hybridized carbons (Fsp3) is 0.118. The fourth-order valence-electron chi connectivity index (χ4n) is 2.22. The van der Waals surface area contributed by atoms with Crippen LogP contribution < -0.4 is 15.4 Å². The zero-order valence-corrected chi connectivity index (χ0v) is 13.8. The third-order valence-electron chi connectivity index (χ3n) is 3.46. The summed E-state index contributed by atoms with van der Waals surface area (Å²) in [4.78, 5) is 4.13. The van der Waals surface area contributed by atoms with Crippen molar-refractivity contribution in [3.05, 3.63) is 59.5 Å². The molecular weight excluding hydrogens is 347 g/mol. The van der Waals surface area contributed by atoms with Crippen LogP contribution in [0.2, 0.25) is 0 Å². The van der Waals surface area contributed by atoms with Crippen LogP contribution in [0.3, 0.4) is 0 Å². The van der Waals surface area contributed by atoms with Crippen LogP contribution in [0.25, 0.3) is 0 Å². The van der Waals surface area contributed by atoms with Gasteiger partial charge in [-0.15, -0.1) is 5.10 Å². The summed E-state index contributed by atoms with van der Waals surface area (Å²) in [6.07, 6.45) is 1.22. The average molecular weight is 361 g/mol. The Morgan fingerprint density at radius 1 is 0.962 bits per heavy atom. The maximum atomic E-state index is 13.8. The van der Waals surface area contributed by atoms with E-state index in [0.29, 0.717) is 11.4 Å². The molecule has 0 radical (unpaired) electrons. The largest absolute Gasteiger partial charge is 0.495 e. The van der Waals surface area contributed by atoms with Crippen LogP contribution >= 0.6 is 0 Å². The van der Waals surface area contributed by atoms with Gasteiger partial charge in [0.15, 0.2) is 23.3 Å². The van der Waals surface area contributed by atoms with Crippen molar-refractivity contribution >= 4 is 23.1 Å². The van der Waals surface area contributed by atoms with Gasteiger partial charge in [-0.25, -0.2) is 13.2 Å². The van der Waals surface area contributed by atoms with Crippen molar-refractivity contribution in [3.8, 4) is 5.75 Å². The lowest BCUT2D eigenvalue weighted by Crippen LogP contribution is -2.05. The van der Waals surface area contributed by atoms with Gasteiger partial charge in [0, 0.05) is 0 Å². The van der Waals surface area contributed by atoms with Gasteiger partial charge in [0.1, 0.15) is 5.75 Å². The van der Waals surface area contributed by atoms with Crippen molar-refractivity contribution in [1.82, 2.24) is 15.2 Å². The minimum absolute atomic E-state index is 0.0963. The molecular formula is C17H14F3N5O. The van der Waals surface area contributed by atoms with Crippen molar-refractivity contribution in [3.63, 3.8) is 0 Å². The van der Waals surface area contributed by atoms with Crippen LogP contribution in [0.1, 0.15) is 5.56 Å². The Morgan fingerprint density at radius 2 is 1.77 bits per heavy atom. The van der Waals surface area contributed by atoms with Gasteiger partial charge >= 0.3 is 0 Å². The summed E-state index contributed by atoms with van der Waals surface area (Å²) in [6.45, 7) is 1.91. The van der Waals surface area contributed by atoms with Crippen LogP contribution in [0.15, 0.2) is 36.5 Å². The highest BCUT2D eigenvalue weighted by Gasteiger charge is 2.14. The molecule has 134 valence electrons. The van der Waals surface area contributed by atoms with Crippen molar-refractivity contribution in [2.24, 2.45) is 0 Å². The number of hydrogen-bond donors (Lipinski definition) is 2. The normalized spacial score (nSPS) is 10.5. The Hall–Kier alpha value is -3.36. The molecule has 2 N–H and O–H groups in total. The molecule has 3 aromatic rings. The Kier molecular flexibility index (Phi) is 4.87. The molecule has 26 heavy (non-hydrogen) atoms. The standard InChI is InChI=1S/C17H14F3N5O/c1-9-3-6-13(26-2)12(7-9)23-17-24-14(8-21-25-17)22-11-5-4-10(18)15(19)16(11)20/h3-8H,1-2H3,(H2,22,23,24,25). The molecule has 9 heteroatoms. The number of hydrogen-bond acceptors (Lipinski definition) is 6. The summed E-state index contributed by atoms with van der Waals surface area (Å²) in [6, 6.07) is 7.37. The molecule has 0 fully saturated rings. The summed E-state index contributed by atoms with van der Waals surface area (Å²) in [5.74, 6) is -3.41. The monoisotopic (exact) mass is 361 g/mol. The van der Waals surface area contributed by atoms with Crippen LogP contribution in [-0.4, -0.2) is 22.3 Å². The smallest absolute Gasteiger partial charge is 0.249 e. The molecule has 0 amide bonds. The molecule has 0 saturated carbocycles. The third-order valence-corrected chi connectivity index (χ3v) is 3.46. The van der Waals surface area contributed by atoms with Crippen LogP contribution in [-0.2, 0) is 0 Å². The number of ether oxygens (including phenoxy) is 1. The van der Waals surface area contributed by atoms with Gasteiger partial charge < -0.3 is 15.4 Å². The van der Waals surface area contributed by atoms with Crippen LogP contribution in [0.4, 0.5) is 36.3 Å². The van der Waals surface area contributed by atoms with Gasteiger partial charge in [-0.3, -0.25) is 0 Å². The highest BCUT2D eigenvalue weighted by Crippen LogP contribution is 2.28. The lowest BCUT2D eigenvalue weighted by molar-refractivity contribution is 0.416. The number of benzene rings is 2. The summed E-state index contributed by atoms with van der Waals surface area (Å²) in [5, 5.41) is 13.1. The molecule has 2 aromatic carbocycles. The van der Waals surface area contributed by atoms with E-state index < -0.39 is 17.5 Å². The average Bonchev–Trinajstić information content (AvgIpc) is 2.63. The number of methoxy groups -OCH3 is 1. The molecule has 0 aliphatic carbocycles. The van der Waals surface area contributed by atoms with E-state index in [1.165, 1.54) is 13.3 Å². The van der Waals surface area contributed by atoms with Crippen LogP contribution in [0.5, 0.6) is 5.75 Å². The van der Waals surface area contributed by atoms with Gasteiger partial charge in [-0.05, 0) is 36.8 Å². The first-order chi connectivity index (χ1) is 12.5. The molecule has 0 spiro atoms. The first-order valence-corrected chi connectivity index (χ1v) is 7.50. The van der Waals surface area contributed by atoms with E-state index in [-0.39, 0.29) is 17.5 Å². The minimum atomic E-state index is -1.57. The number of anilines is 4. The van der Waals surface area contributed by atoms with E-state index >= 15 is 0 Å². The number of nitrogens with one attached hydrogen (secondary N) is 2. The topological polar surface area (TPSA) is 72.0 Å². The first kappa shape index (κ1) is 17.5. The Morgan fingerprint density at radius 3 is 2.54 bits per heavy atom. The Bertz CT molecular complexity index is 952. The van der Waals surface area contributed by atoms with E-state index in [1.807, 2.05) is 19.1 Å². The quantitative estimate of drug-likeness (QED) is 0.667.